The number of benzene rings is 1. The van der Waals surface area contributed by atoms with Gasteiger partial charge in [-0.2, -0.15) is 10.4 Å². The van der Waals surface area contributed by atoms with Crippen LogP contribution in [0.4, 0.5) is 0 Å². The van der Waals surface area contributed by atoms with Crippen LogP contribution >= 0.6 is 12.2 Å². The molecule has 5 nitrogen and oxygen atoms in total. The van der Waals surface area contributed by atoms with E-state index in [1.807, 2.05) is 34.6 Å². The molecule has 0 aliphatic rings. The zero-order valence-electron chi connectivity index (χ0n) is 11.9. The van der Waals surface area contributed by atoms with Gasteiger partial charge >= 0.3 is 0 Å². The maximum atomic E-state index is 9.06. The first-order valence-corrected chi connectivity index (χ1v) is 7.17. The lowest BCUT2D eigenvalue weighted by atomic mass is 10.2. The lowest BCUT2D eigenvalue weighted by Crippen LogP contribution is -2.01. The molecule has 0 atom stereocenters. The highest BCUT2D eigenvalue weighted by Crippen LogP contribution is 2.19. The monoisotopic (exact) mass is 297 g/mol. The van der Waals surface area contributed by atoms with E-state index < -0.39 is 0 Å². The first-order chi connectivity index (χ1) is 10.1. The molecule has 2 aromatic heterocycles. The Balaban J connectivity index is 2.13. The van der Waals surface area contributed by atoms with Gasteiger partial charge in [0.15, 0.2) is 4.77 Å². The van der Waals surface area contributed by atoms with Crippen LogP contribution in [-0.4, -0.2) is 19.3 Å². The molecule has 0 aliphatic carbocycles. The van der Waals surface area contributed by atoms with Gasteiger partial charge in [0.25, 0.3) is 0 Å². The molecule has 6 heteroatoms. The van der Waals surface area contributed by atoms with Crippen molar-refractivity contribution in [2.45, 2.75) is 19.9 Å². The molecule has 0 aliphatic heterocycles. The number of hydrogen-bond acceptors (Lipinski definition) is 3. The van der Waals surface area contributed by atoms with E-state index in [0.29, 0.717) is 16.9 Å². The van der Waals surface area contributed by atoms with Gasteiger partial charge < -0.3 is 9.55 Å². The minimum absolute atomic E-state index is 0.632. The summed E-state index contributed by atoms with van der Waals surface area (Å²) in [5.74, 6) is 0. The summed E-state index contributed by atoms with van der Waals surface area (Å²) < 4.78 is 4.50. The molecule has 3 rings (SSSR count). The molecule has 21 heavy (non-hydrogen) atoms. The van der Waals surface area contributed by atoms with Crippen LogP contribution in [0, 0.1) is 16.1 Å². The van der Waals surface area contributed by atoms with Crippen LogP contribution in [0.5, 0.6) is 0 Å². The quantitative estimate of drug-likeness (QED) is 0.756. The number of aromatic nitrogens is 4. The minimum Gasteiger partial charge on any atom is -0.331 e. The number of H-pyrrole nitrogens is 1. The van der Waals surface area contributed by atoms with E-state index in [1.54, 1.807) is 6.07 Å². The number of aryl methyl sites for hydroxylation is 2. The Bertz CT molecular complexity index is 906. The Morgan fingerprint density at radius 3 is 2.95 bits per heavy atom. The van der Waals surface area contributed by atoms with Gasteiger partial charge in [-0.15, -0.1) is 0 Å². The lowest BCUT2D eigenvalue weighted by molar-refractivity contribution is 0.746. The lowest BCUT2D eigenvalue weighted by Gasteiger charge is -2.04. The van der Waals surface area contributed by atoms with Crippen LogP contribution in [0.3, 0.4) is 0 Å². The summed E-state index contributed by atoms with van der Waals surface area (Å²) in [6.07, 6.45) is 2.91. The first-order valence-electron chi connectivity index (χ1n) is 6.76. The van der Waals surface area contributed by atoms with Crippen molar-refractivity contribution in [1.82, 2.24) is 19.3 Å². The van der Waals surface area contributed by atoms with Crippen LogP contribution in [0.1, 0.15) is 23.7 Å². The van der Waals surface area contributed by atoms with Crippen molar-refractivity contribution in [2.24, 2.45) is 7.05 Å². The van der Waals surface area contributed by atoms with Gasteiger partial charge in [0, 0.05) is 18.8 Å². The summed E-state index contributed by atoms with van der Waals surface area (Å²) in [5.41, 5.74) is 4.75. The second kappa shape index (κ2) is 5.19. The molecule has 1 N–H and O–H groups in total. The van der Waals surface area contributed by atoms with Crippen molar-refractivity contribution in [3.05, 3.63) is 46.0 Å². The maximum Gasteiger partial charge on any atom is 0.178 e. The molecule has 0 saturated heterocycles. The van der Waals surface area contributed by atoms with E-state index >= 15 is 0 Å². The van der Waals surface area contributed by atoms with Crippen molar-refractivity contribution < 1.29 is 0 Å². The maximum absolute atomic E-state index is 9.06. The number of nitrogens with zero attached hydrogens (tertiary/aromatic N) is 4. The van der Waals surface area contributed by atoms with Gasteiger partial charge in [0.05, 0.1) is 34.9 Å². The van der Waals surface area contributed by atoms with Crippen molar-refractivity contribution in [3.63, 3.8) is 0 Å². The predicted molar refractivity (Wildman–Crippen MR) is 83.5 cm³/mol. The van der Waals surface area contributed by atoms with Crippen molar-refractivity contribution >= 4 is 23.3 Å². The number of rotatable bonds is 3. The Kier molecular flexibility index (Phi) is 3.35. The molecule has 0 spiro atoms. The van der Waals surface area contributed by atoms with Gasteiger partial charge in [-0.25, -0.2) is 0 Å². The van der Waals surface area contributed by atoms with Crippen LogP contribution < -0.4 is 0 Å². The number of fused-ring (bicyclic) bond motifs is 1. The molecule has 0 amide bonds. The van der Waals surface area contributed by atoms with Gasteiger partial charge in [-0.05, 0) is 36.8 Å². The summed E-state index contributed by atoms with van der Waals surface area (Å²) >= 11 is 5.42. The predicted octanol–water partition coefficient (Wildman–Crippen LogP) is 2.91. The molecule has 0 unspecified atom stereocenters. The highest BCUT2D eigenvalue weighted by molar-refractivity contribution is 7.71. The summed E-state index contributed by atoms with van der Waals surface area (Å²) in [6.45, 7) is 2.75. The van der Waals surface area contributed by atoms with E-state index in [4.69, 9.17) is 17.5 Å². The molecular formula is C15H15N5S. The normalized spacial score (nSPS) is 10.9. The third-order valence-corrected chi connectivity index (χ3v) is 3.88. The number of nitrogens with one attached hydrogen (secondary N) is 1. The van der Waals surface area contributed by atoms with E-state index in [0.717, 1.165) is 28.7 Å². The highest BCUT2D eigenvalue weighted by atomic mass is 32.1. The topological polar surface area (TPSA) is 62.3 Å². The van der Waals surface area contributed by atoms with E-state index in [-0.39, 0.29) is 0 Å². The molecule has 1 aromatic carbocycles. The van der Waals surface area contributed by atoms with Gasteiger partial charge in [-0.1, -0.05) is 6.92 Å². The third kappa shape index (κ3) is 2.36. The van der Waals surface area contributed by atoms with E-state index in [1.165, 1.54) is 0 Å². The summed E-state index contributed by atoms with van der Waals surface area (Å²) in [7, 11) is 1.92. The van der Waals surface area contributed by atoms with Crippen molar-refractivity contribution in [1.29, 1.82) is 5.26 Å². The van der Waals surface area contributed by atoms with Crippen LogP contribution in [0.15, 0.2) is 24.4 Å². The average Bonchev–Trinajstić information content (AvgIpc) is 2.99. The molecule has 0 radical (unpaired) electrons. The van der Waals surface area contributed by atoms with Crippen LogP contribution in [0.25, 0.3) is 11.0 Å². The fourth-order valence-corrected chi connectivity index (χ4v) is 2.84. The molecule has 0 bridgehead atoms. The summed E-state index contributed by atoms with van der Waals surface area (Å²) in [5, 5.41) is 13.5. The second-order valence-electron chi connectivity index (χ2n) is 4.99. The van der Waals surface area contributed by atoms with Gasteiger partial charge in [0.2, 0.25) is 0 Å². The molecular weight excluding hydrogens is 282 g/mol. The van der Waals surface area contributed by atoms with Crippen molar-refractivity contribution in [2.75, 3.05) is 0 Å². The Morgan fingerprint density at radius 2 is 2.24 bits per heavy atom. The van der Waals surface area contributed by atoms with Crippen molar-refractivity contribution in [3.8, 4) is 6.07 Å². The number of aromatic amines is 1. The Morgan fingerprint density at radius 1 is 1.43 bits per heavy atom. The summed E-state index contributed by atoms with van der Waals surface area (Å²) in [4.78, 5) is 3.18. The Hall–Kier alpha value is -2.39. The third-order valence-electron chi connectivity index (χ3n) is 3.56. The fraction of sp³-hybridized carbons (Fsp3) is 0.267. The zero-order chi connectivity index (χ0) is 15.0. The summed E-state index contributed by atoms with van der Waals surface area (Å²) in [6, 6.07) is 7.72. The Labute approximate surface area is 127 Å². The zero-order valence-corrected chi connectivity index (χ0v) is 12.7. The number of hydrogen-bond donors (Lipinski definition) is 1. The molecule has 0 fully saturated rings. The first kappa shape index (κ1) is 13.6. The highest BCUT2D eigenvalue weighted by Gasteiger charge is 2.10. The molecule has 3 aromatic rings. The van der Waals surface area contributed by atoms with Crippen LogP contribution in [0.2, 0.25) is 0 Å². The fourth-order valence-electron chi connectivity index (χ4n) is 2.56. The molecule has 2 heterocycles. The standard InChI is InChI=1S/C15H15N5S/c1-3-12-11(8-19(2)18-12)9-20-14-6-10(7-16)4-5-13(14)17-15(20)21/h4-6,8H,3,9H2,1-2H3,(H,17,21). The van der Waals surface area contributed by atoms with Crippen LogP contribution in [-0.2, 0) is 20.0 Å². The smallest absolute Gasteiger partial charge is 0.178 e. The minimum atomic E-state index is 0.632. The second-order valence-corrected chi connectivity index (χ2v) is 5.37. The van der Waals surface area contributed by atoms with Gasteiger partial charge in [-0.3, -0.25) is 4.68 Å². The number of nitriles is 1. The van der Waals surface area contributed by atoms with Gasteiger partial charge in [0.1, 0.15) is 0 Å². The molecule has 0 saturated carbocycles. The molecule has 106 valence electrons. The van der Waals surface area contributed by atoms with E-state index in [9.17, 15) is 0 Å². The SMILES string of the molecule is CCc1nn(C)cc1Cn1c(=S)[nH]c2ccc(C#N)cc21. The average molecular weight is 297 g/mol. The largest absolute Gasteiger partial charge is 0.331 e. The number of imidazole rings is 1. The van der Waals surface area contributed by atoms with E-state index in [2.05, 4.69) is 23.1 Å².